The summed E-state index contributed by atoms with van der Waals surface area (Å²) in [6.45, 7) is 4.86. The van der Waals surface area contributed by atoms with Crippen LogP contribution in [0.25, 0.3) is 0 Å². The summed E-state index contributed by atoms with van der Waals surface area (Å²) in [5.74, 6) is 1.38. The van der Waals surface area contributed by atoms with Crippen LogP contribution in [0.15, 0.2) is 30.6 Å². The van der Waals surface area contributed by atoms with E-state index in [0.29, 0.717) is 18.0 Å². The molecule has 0 spiro atoms. The Morgan fingerprint density at radius 1 is 1.17 bits per heavy atom. The maximum Gasteiger partial charge on any atom is 0.161 e. The number of rotatable bonds is 11. The topological polar surface area (TPSA) is 73.8 Å². The van der Waals surface area contributed by atoms with E-state index in [9.17, 15) is 5.11 Å². The lowest BCUT2D eigenvalue weighted by atomic mass is 10.1. The zero-order valence-electron chi connectivity index (χ0n) is 18.3. The molecule has 0 saturated carbocycles. The third-order valence-electron chi connectivity index (χ3n) is 5.62. The lowest BCUT2D eigenvalue weighted by Crippen LogP contribution is -2.36. The van der Waals surface area contributed by atoms with Crippen molar-refractivity contribution in [2.75, 3.05) is 46.9 Å². The predicted octanol–water partition coefficient (Wildman–Crippen LogP) is 2.71. The van der Waals surface area contributed by atoms with Crippen LogP contribution in [-0.2, 0) is 13.0 Å². The summed E-state index contributed by atoms with van der Waals surface area (Å²) in [4.78, 5) is 4.62. The molecule has 1 unspecified atom stereocenters. The maximum atomic E-state index is 10.4. The number of aromatic amines is 1. The number of methoxy groups -OCH3 is 1. The monoisotopic (exact) mass is 416 g/mol. The van der Waals surface area contributed by atoms with Crippen LogP contribution < -0.4 is 9.47 Å². The maximum absolute atomic E-state index is 10.4. The van der Waals surface area contributed by atoms with Gasteiger partial charge in [0.25, 0.3) is 0 Å². The lowest BCUT2D eigenvalue weighted by molar-refractivity contribution is 0.0683. The number of aromatic nitrogens is 2. The summed E-state index contributed by atoms with van der Waals surface area (Å²) in [6.07, 6.45) is 9.30. The van der Waals surface area contributed by atoms with Crippen LogP contribution in [-0.4, -0.2) is 78.2 Å². The first-order valence-corrected chi connectivity index (χ1v) is 11.0. The highest BCUT2D eigenvalue weighted by Crippen LogP contribution is 2.28. The van der Waals surface area contributed by atoms with Crippen molar-refractivity contribution in [1.29, 1.82) is 0 Å². The average molecular weight is 417 g/mol. The van der Waals surface area contributed by atoms with Gasteiger partial charge in [0.05, 0.1) is 13.3 Å². The summed E-state index contributed by atoms with van der Waals surface area (Å²) < 4.78 is 11.4. The number of benzene rings is 1. The molecule has 2 N–H and O–H groups in total. The molecule has 0 bridgehead atoms. The molecule has 7 heteroatoms. The Morgan fingerprint density at radius 2 is 1.97 bits per heavy atom. The lowest BCUT2D eigenvalue weighted by Gasteiger charge is -2.23. The molecule has 2 heterocycles. The number of H-pyrrole nitrogens is 1. The Labute approximate surface area is 180 Å². The highest BCUT2D eigenvalue weighted by molar-refractivity contribution is 5.43. The molecule has 0 aliphatic carbocycles. The van der Waals surface area contributed by atoms with Crippen LogP contribution in [0.3, 0.4) is 0 Å². The molecular weight excluding hydrogens is 380 g/mol. The number of likely N-dealkylation sites (N-methyl/N-ethyl adjacent to an activating group) is 1. The largest absolute Gasteiger partial charge is 0.493 e. The van der Waals surface area contributed by atoms with E-state index < -0.39 is 6.10 Å². The van der Waals surface area contributed by atoms with Crippen LogP contribution in [0.2, 0.25) is 0 Å². The zero-order valence-corrected chi connectivity index (χ0v) is 18.3. The van der Waals surface area contributed by atoms with Crippen LogP contribution >= 0.6 is 0 Å². The van der Waals surface area contributed by atoms with Crippen molar-refractivity contribution in [3.05, 3.63) is 41.7 Å². The molecule has 0 radical (unpaired) electrons. The molecule has 1 atom stereocenters. The highest BCUT2D eigenvalue weighted by atomic mass is 16.5. The van der Waals surface area contributed by atoms with Gasteiger partial charge in [-0.1, -0.05) is 18.9 Å². The van der Waals surface area contributed by atoms with E-state index >= 15 is 0 Å². The molecule has 1 saturated heterocycles. The summed E-state index contributed by atoms with van der Waals surface area (Å²) in [5, 5.41) is 17.2. The van der Waals surface area contributed by atoms with Crippen molar-refractivity contribution in [3.8, 4) is 11.5 Å². The van der Waals surface area contributed by atoms with E-state index in [-0.39, 0.29) is 6.61 Å². The fourth-order valence-corrected chi connectivity index (χ4v) is 3.91. The molecule has 166 valence electrons. The Hall–Kier alpha value is -2.09. The molecule has 1 aromatic carbocycles. The molecular formula is C23H36N4O3. The Bertz CT molecular complexity index is 730. The van der Waals surface area contributed by atoms with Crippen molar-refractivity contribution >= 4 is 0 Å². The molecule has 3 rings (SSSR count). The van der Waals surface area contributed by atoms with E-state index in [0.717, 1.165) is 32.6 Å². The number of hydrogen-bond acceptors (Lipinski definition) is 6. The minimum atomic E-state index is -0.499. The van der Waals surface area contributed by atoms with Crippen molar-refractivity contribution in [2.24, 2.45) is 0 Å². The van der Waals surface area contributed by atoms with Crippen molar-refractivity contribution in [3.63, 3.8) is 0 Å². The van der Waals surface area contributed by atoms with Gasteiger partial charge in [-0.2, -0.15) is 5.10 Å². The third kappa shape index (κ3) is 7.31. The van der Waals surface area contributed by atoms with Gasteiger partial charge < -0.3 is 24.4 Å². The van der Waals surface area contributed by atoms with Crippen LogP contribution in [0.1, 0.15) is 36.8 Å². The summed E-state index contributed by atoms with van der Waals surface area (Å²) in [5.41, 5.74) is 2.38. The highest BCUT2D eigenvalue weighted by Gasteiger charge is 2.15. The van der Waals surface area contributed by atoms with Crippen LogP contribution in [0.4, 0.5) is 0 Å². The third-order valence-corrected chi connectivity index (χ3v) is 5.62. The Kier molecular flexibility index (Phi) is 8.99. The molecule has 2 aromatic rings. The van der Waals surface area contributed by atoms with Crippen molar-refractivity contribution < 1.29 is 14.6 Å². The number of ether oxygens (including phenoxy) is 2. The van der Waals surface area contributed by atoms with Gasteiger partial charge in [-0.3, -0.25) is 5.10 Å². The van der Waals surface area contributed by atoms with E-state index in [1.807, 2.05) is 24.5 Å². The average Bonchev–Trinajstić information content (AvgIpc) is 3.14. The molecule has 7 nitrogen and oxygen atoms in total. The standard InChI is InChI=1S/C23H36N4O3/c1-26(12-9-20-14-24-25-15-20)16-19-7-8-22(23(13-19)29-2)30-18-21(28)17-27-10-5-3-4-6-11-27/h7-8,13-15,21,28H,3-6,9-12,16-18H2,1-2H3,(H,24,25). The van der Waals surface area contributed by atoms with Gasteiger partial charge in [0.15, 0.2) is 11.5 Å². The SMILES string of the molecule is COc1cc(CN(C)CCc2cn[nH]c2)ccc1OCC(O)CN1CCCCCC1. The first-order chi connectivity index (χ1) is 14.6. The molecule has 1 aliphatic heterocycles. The van der Waals surface area contributed by atoms with Crippen LogP contribution in [0, 0.1) is 0 Å². The quantitative estimate of drug-likeness (QED) is 0.587. The van der Waals surface area contributed by atoms with E-state index in [2.05, 4.69) is 33.1 Å². The van der Waals surface area contributed by atoms with Gasteiger partial charge in [-0.05, 0) is 62.7 Å². The number of hydrogen-bond donors (Lipinski definition) is 2. The second-order valence-electron chi connectivity index (χ2n) is 8.26. The summed E-state index contributed by atoms with van der Waals surface area (Å²) in [7, 11) is 3.76. The molecule has 30 heavy (non-hydrogen) atoms. The van der Waals surface area contributed by atoms with E-state index in [1.165, 1.54) is 36.8 Å². The minimum absolute atomic E-state index is 0.275. The number of aliphatic hydroxyl groups is 1. The minimum Gasteiger partial charge on any atom is -0.493 e. The fraction of sp³-hybridized carbons (Fsp3) is 0.609. The second kappa shape index (κ2) is 11.9. The normalized spacial score (nSPS) is 16.4. The Balaban J connectivity index is 1.47. The van der Waals surface area contributed by atoms with E-state index in [1.54, 1.807) is 7.11 Å². The number of β-amino-alcohol motifs (C(OH)–C–C–N with tert-alkyl or cyclic N) is 1. The van der Waals surface area contributed by atoms with Crippen molar-refractivity contribution in [2.45, 2.75) is 44.8 Å². The fourth-order valence-electron chi connectivity index (χ4n) is 3.91. The van der Waals surface area contributed by atoms with Gasteiger partial charge in [0, 0.05) is 25.8 Å². The predicted molar refractivity (Wildman–Crippen MR) is 118 cm³/mol. The number of nitrogens with one attached hydrogen (secondary N) is 1. The smallest absolute Gasteiger partial charge is 0.161 e. The van der Waals surface area contributed by atoms with Gasteiger partial charge in [0.2, 0.25) is 0 Å². The number of likely N-dealkylation sites (tertiary alicyclic amines) is 1. The first-order valence-electron chi connectivity index (χ1n) is 11.0. The summed E-state index contributed by atoms with van der Waals surface area (Å²) in [6, 6.07) is 6.02. The molecule has 1 aliphatic rings. The number of nitrogens with zero attached hydrogens (tertiary/aromatic N) is 3. The van der Waals surface area contributed by atoms with Gasteiger partial charge >= 0.3 is 0 Å². The zero-order chi connectivity index (χ0) is 21.2. The molecule has 1 aromatic heterocycles. The first kappa shape index (κ1) is 22.6. The second-order valence-corrected chi connectivity index (χ2v) is 8.26. The number of aliphatic hydroxyl groups excluding tert-OH is 1. The van der Waals surface area contributed by atoms with Crippen LogP contribution in [0.5, 0.6) is 11.5 Å². The van der Waals surface area contributed by atoms with Gasteiger partial charge in [-0.25, -0.2) is 0 Å². The summed E-state index contributed by atoms with van der Waals surface area (Å²) >= 11 is 0. The van der Waals surface area contributed by atoms with Crippen molar-refractivity contribution in [1.82, 2.24) is 20.0 Å². The van der Waals surface area contributed by atoms with E-state index in [4.69, 9.17) is 9.47 Å². The molecule has 1 fully saturated rings. The Morgan fingerprint density at radius 3 is 2.67 bits per heavy atom. The van der Waals surface area contributed by atoms with Gasteiger partial charge in [-0.15, -0.1) is 0 Å². The molecule has 0 amide bonds. The van der Waals surface area contributed by atoms with Gasteiger partial charge in [0.1, 0.15) is 12.7 Å².